The Kier molecular flexibility index (Phi) is 4.47. The molecular weight excluding hydrogens is 284 g/mol. The third-order valence-electron chi connectivity index (χ3n) is 3.46. The normalized spacial score (nSPS) is 21.0. The molecule has 0 amide bonds. The lowest BCUT2D eigenvalue weighted by molar-refractivity contribution is -0.139. The molecule has 0 saturated carbocycles. The van der Waals surface area contributed by atoms with E-state index in [1.54, 1.807) is 26.0 Å². The van der Waals surface area contributed by atoms with Gasteiger partial charge >= 0.3 is 5.97 Å². The van der Waals surface area contributed by atoms with Gasteiger partial charge in [-0.15, -0.1) is 0 Å². The number of ether oxygens (including phenoxy) is 2. The number of phenolic OH excluding ortho intramolecular Hbond substituents is 1. The van der Waals surface area contributed by atoms with Gasteiger partial charge in [0.05, 0.1) is 18.2 Å². The number of hydrogen-bond acceptors (Lipinski definition) is 6. The van der Waals surface area contributed by atoms with E-state index in [-0.39, 0.29) is 29.6 Å². The molecule has 0 aromatic heterocycles. The van der Waals surface area contributed by atoms with Gasteiger partial charge in [-0.05, 0) is 31.5 Å². The van der Waals surface area contributed by atoms with Crippen LogP contribution in [0.3, 0.4) is 0 Å². The number of carbonyl (C=O) groups is 1. The predicted molar refractivity (Wildman–Crippen MR) is 78.1 cm³/mol. The number of nitrogens with zero attached hydrogens (tertiary/aromatic N) is 1. The highest BCUT2D eigenvalue weighted by Crippen LogP contribution is 2.39. The van der Waals surface area contributed by atoms with Crippen molar-refractivity contribution >= 4 is 11.9 Å². The zero-order valence-corrected chi connectivity index (χ0v) is 12.3. The van der Waals surface area contributed by atoms with E-state index in [2.05, 4.69) is 0 Å². The second-order valence-electron chi connectivity index (χ2n) is 4.83. The molecule has 6 heteroatoms. The minimum absolute atomic E-state index is 0.0813. The van der Waals surface area contributed by atoms with E-state index in [0.717, 1.165) is 0 Å². The van der Waals surface area contributed by atoms with E-state index in [0.29, 0.717) is 5.56 Å². The molecule has 0 spiro atoms. The first-order valence-corrected chi connectivity index (χ1v) is 6.82. The molecule has 0 saturated heterocycles. The van der Waals surface area contributed by atoms with Crippen molar-refractivity contribution in [2.24, 2.45) is 5.92 Å². The lowest BCUT2D eigenvalue weighted by atomic mass is 9.78. The summed E-state index contributed by atoms with van der Waals surface area (Å²) in [5.41, 5.74) is 0.870. The van der Waals surface area contributed by atoms with Crippen molar-refractivity contribution in [2.45, 2.75) is 19.8 Å². The number of rotatable bonds is 3. The summed E-state index contributed by atoms with van der Waals surface area (Å²) in [6, 6.07) is 8.20. The van der Waals surface area contributed by atoms with Crippen LogP contribution in [0.5, 0.6) is 5.75 Å². The van der Waals surface area contributed by atoms with Crippen LogP contribution in [-0.2, 0) is 14.3 Å². The van der Waals surface area contributed by atoms with Crippen LogP contribution >= 0.6 is 0 Å². The van der Waals surface area contributed by atoms with E-state index in [1.165, 1.54) is 12.1 Å². The predicted octanol–water partition coefficient (Wildman–Crippen LogP) is 2.46. The van der Waals surface area contributed by atoms with Gasteiger partial charge in [0.2, 0.25) is 5.90 Å². The van der Waals surface area contributed by atoms with Crippen molar-refractivity contribution < 1.29 is 19.4 Å². The first-order chi connectivity index (χ1) is 10.5. The van der Waals surface area contributed by atoms with Gasteiger partial charge in [-0.25, -0.2) is 4.79 Å². The Morgan fingerprint density at radius 3 is 2.64 bits per heavy atom. The van der Waals surface area contributed by atoms with Gasteiger partial charge < -0.3 is 14.6 Å². The van der Waals surface area contributed by atoms with Crippen molar-refractivity contribution in [1.29, 1.82) is 10.7 Å². The average Bonchev–Trinajstić information content (AvgIpc) is 2.47. The molecule has 0 bridgehead atoms. The lowest BCUT2D eigenvalue weighted by Crippen LogP contribution is -2.33. The summed E-state index contributed by atoms with van der Waals surface area (Å²) in [6.45, 7) is 3.46. The van der Waals surface area contributed by atoms with Crippen LogP contribution in [0, 0.1) is 22.7 Å². The molecule has 22 heavy (non-hydrogen) atoms. The SMILES string of the molecule is CCOC(=O)C1=C(C)OC(=N)C(C#N)C1c1ccc(O)cc1. The van der Waals surface area contributed by atoms with Gasteiger partial charge in [0.25, 0.3) is 0 Å². The zero-order valence-electron chi connectivity index (χ0n) is 12.3. The van der Waals surface area contributed by atoms with Gasteiger partial charge in [0.1, 0.15) is 17.4 Å². The Labute approximate surface area is 128 Å². The Balaban J connectivity index is 2.57. The summed E-state index contributed by atoms with van der Waals surface area (Å²) in [5, 5.41) is 26.6. The smallest absolute Gasteiger partial charge is 0.338 e. The fourth-order valence-electron chi connectivity index (χ4n) is 2.47. The molecule has 2 N–H and O–H groups in total. The van der Waals surface area contributed by atoms with Gasteiger partial charge in [-0.1, -0.05) is 12.1 Å². The zero-order chi connectivity index (χ0) is 16.3. The van der Waals surface area contributed by atoms with Crippen LogP contribution in [0.25, 0.3) is 0 Å². The molecule has 1 aromatic rings. The number of hydrogen-bond donors (Lipinski definition) is 2. The van der Waals surface area contributed by atoms with E-state index >= 15 is 0 Å². The monoisotopic (exact) mass is 300 g/mol. The molecule has 1 heterocycles. The molecule has 1 aliphatic heterocycles. The van der Waals surface area contributed by atoms with E-state index in [9.17, 15) is 15.2 Å². The van der Waals surface area contributed by atoms with Crippen molar-refractivity contribution in [3.05, 3.63) is 41.2 Å². The van der Waals surface area contributed by atoms with E-state index in [4.69, 9.17) is 14.9 Å². The standard InChI is InChI=1S/C16H16N2O4/c1-3-21-16(20)13-9(2)22-15(18)12(8-17)14(13)10-4-6-11(19)7-5-10/h4-7,12,14,18-19H,3H2,1-2H3. The van der Waals surface area contributed by atoms with Crippen LogP contribution in [0.4, 0.5) is 0 Å². The second-order valence-corrected chi connectivity index (χ2v) is 4.83. The lowest BCUT2D eigenvalue weighted by Gasteiger charge is -2.30. The molecule has 0 fully saturated rings. The maximum Gasteiger partial charge on any atom is 0.338 e. The average molecular weight is 300 g/mol. The van der Waals surface area contributed by atoms with Gasteiger partial charge in [0, 0.05) is 5.92 Å². The molecule has 2 rings (SSSR count). The molecule has 2 atom stereocenters. The van der Waals surface area contributed by atoms with Gasteiger partial charge in [0.15, 0.2) is 0 Å². The summed E-state index contributed by atoms with van der Waals surface area (Å²) in [7, 11) is 0. The summed E-state index contributed by atoms with van der Waals surface area (Å²) in [5.74, 6) is -2.01. The maximum atomic E-state index is 12.2. The van der Waals surface area contributed by atoms with Crippen LogP contribution in [-0.4, -0.2) is 23.6 Å². The minimum Gasteiger partial charge on any atom is -0.508 e. The minimum atomic E-state index is -0.923. The van der Waals surface area contributed by atoms with Crippen LogP contribution < -0.4 is 0 Å². The maximum absolute atomic E-state index is 12.2. The highest BCUT2D eigenvalue weighted by atomic mass is 16.5. The number of nitriles is 1. The summed E-state index contributed by atoms with van der Waals surface area (Å²) >= 11 is 0. The van der Waals surface area contributed by atoms with Crippen molar-refractivity contribution in [3.63, 3.8) is 0 Å². The Morgan fingerprint density at radius 1 is 1.45 bits per heavy atom. The van der Waals surface area contributed by atoms with Crippen LogP contribution in [0.15, 0.2) is 35.6 Å². The largest absolute Gasteiger partial charge is 0.508 e. The molecular formula is C16H16N2O4. The van der Waals surface area contributed by atoms with Crippen molar-refractivity contribution in [2.75, 3.05) is 6.61 Å². The van der Waals surface area contributed by atoms with E-state index < -0.39 is 17.8 Å². The topological polar surface area (TPSA) is 103 Å². The van der Waals surface area contributed by atoms with Gasteiger partial charge in [-0.3, -0.25) is 5.41 Å². The number of esters is 1. The fourth-order valence-corrected chi connectivity index (χ4v) is 2.47. The molecule has 2 unspecified atom stereocenters. The Morgan fingerprint density at radius 2 is 2.09 bits per heavy atom. The number of aromatic hydroxyl groups is 1. The highest BCUT2D eigenvalue weighted by molar-refractivity contribution is 5.95. The summed E-state index contributed by atoms with van der Waals surface area (Å²) in [6.07, 6.45) is 0. The molecule has 1 aliphatic rings. The van der Waals surface area contributed by atoms with Gasteiger partial charge in [-0.2, -0.15) is 5.26 Å². The highest BCUT2D eigenvalue weighted by Gasteiger charge is 2.41. The summed E-state index contributed by atoms with van der Waals surface area (Å²) < 4.78 is 10.3. The fraction of sp³-hybridized carbons (Fsp3) is 0.312. The number of benzene rings is 1. The van der Waals surface area contributed by atoms with Crippen LogP contribution in [0.2, 0.25) is 0 Å². The molecule has 0 aliphatic carbocycles. The summed E-state index contributed by atoms with van der Waals surface area (Å²) in [4.78, 5) is 12.2. The molecule has 114 valence electrons. The third-order valence-corrected chi connectivity index (χ3v) is 3.46. The third kappa shape index (κ3) is 2.79. The quantitative estimate of drug-likeness (QED) is 0.834. The van der Waals surface area contributed by atoms with Crippen LogP contribution in [0.1, 0.15) is 25.3 Å². The first-order valence-electron chi connectivity index (χ1n) is 6.82. The Hall–Kier alpha value is -2.81. The van der Waals surface area contributed by atoms with Crippen molar-refractivity contribution in [1.82, 2.24) is 0 Å². The number of allylic oxidation sites excluding steroid dienone is 1. The van der Waals surface area contributed by atoms with Crippen molar-refractivity contribution in [3.8, 4) is 11.8 Å². The number of nitrogens with one attached hydrogen (secondary N) is 1. The Bertz CT molecular complexity index is 670. The van der Waals surface area contributed by atoms with E-state index in [1.807, 2.05) is 6.07 Å². The first kappa shape index (κ1) is 15.6. The number of carbonyl (C=O) groups excluding carboxylic acids is 1. The molecule has 0 radical (unpaired) electrons. The molecule has 1 aromatic carbocycles. The number of phenols is 1. The second kappa shape index (κ2) is 6.31. The molecule has 6 nitrogen and oxygen atoms in total.